The zero-order valence-corrected chi connectivity index (χ0v) is 9.25. The van der Waals surface area contributed by atoms with Gasteiger partial charge in [-0.05, 0) is 19.3 Å². The maximum atomic E-state index is 11.5. The lowest BCUT2D eigenvalue weighted by Crippen LogP contribution is -2.56. The van der Waals surface area contributed by atoms with E-state index in [1.54, 1.807) is 7.11 Å². The van der Waals surface area contributed by atoms with Crippen LogP contribution >= 0.6 is 0 Å². The number of rotatable bonds is 5. The highest BCUT2D eigenvalue weighted by Crippen LogP contribution is 2.20. The summed E-state index contributed by atoms with van der Waals surface area (Å²) in [5, 5.41) is 3.20. The normalized spacial score (nSPS) is 27.3. The highest BCUT2D eigenvalue weighted by atomic mass is 16.5. The third-order valence-electron chi connectivity index (χ3n) is 2.81. The van der Waals surface area contributed by atoms with Crippen molar-refractivity contribution in [1.29, 1.82) is 0 Å². The first kappa shape index (κ1) is 12.4. The molecule has 1 aliphatic heterocycles. The van der Waals surface area contributed by atoms with Crippen LogP contribution in [-0.2, 0) is 14.3 Å². The first-order chi connectivity index (χ1) is 7.21. The van der Waals surface area contributed by atoms with Crippen LogP contribution in [0.1, 0.15) is 19.3 Å². The second-order valence-corrected chi connectivity index (χ2v) is 3.83. The van der Waals surface area contributed by atoms with Crippen molar-refractivity contribution in [3.63, 3.8) is 0 Å². The first-order valence-corrected chi connectivity index (χ1v) is 5.33. The van der Waals surface area contributed by atoms with Crippen LogP contribution in [0.2, 0.25) is 0 Å². The van der Waals surface area contributed by atoms with Crippen LogP contribution in [-0.4, -0.2) is 44.9 Å². The summed E-state index contributed by atoms with van der Waals surface area (Å²) in [7, 11) is 1.63. The first-order valence-electron chi connectivity index (χ1n) is 5.33. The Bertz CT molecular complexity index is 201. The van der Waals surface area contributed by atoms with Gasteiger partial charge in [0.1, 0.15) is 0 Å². The molecular weight excluding hydrogens is 196 g/mol. The second kappa shape index (κ2) is 6.05. The Labute approximate surface area is 90.3 Å². The Kier molecular flexibility index (Phi) is 5.01. The molecule has 0 radical (unpaired) electrons. The van der Waals surface area contributed by atoms with Gasteiger partial charge in [-0.3, -0.25) is 4.79 Å². The Morgan fingerprint density at radius 3 is 3.00 bits per heavy atom. The second-order valence-electron chi connectivity index (χ2n) is 3.83. The largest absolute Gasteiger partial charge is 0.383 e. The van der Waals surface area contributed by atoms with Gasteiger partial charge in [0.05, 0.1) is 12.1 Å². The van der Waals surface area contributed by atoms with Crippen molar-refractivity contribution in [2.45, 2.75) is 24.8 Å². The van der Waals surface area contributed by atoms with Crippen molar-refractivity contribution in [2.24, 2.45) is 5.73 Å². The lowest BCUT2D eigenvalue weighted by Gasteiger charge is -2.30. The molecule has 0 aromatic heterocycles. The number of amides is 1. The zero-order valence-electron chi connectivity index (χ0n) is 9.25. The molecule has 1 atom stereocenters. The van der Waals surface area contributed by atoms with Crippen molar-refractivity contribution in [2.75, 3.05) is 33.5 Å². The maximum absolute atomic E-state index is 11.5. The summed E-state index contributed by atoms with van der Waals surface area (Å²) < 4.78 is 10.3. The molecule has 1 rings (SSSR count). The standard InChI is InChI=1S/C10H20N2O3/c1-14-8-5-12-10(9(11)13)3-2-6-15-7-4-10/h12H,2-8H2,1H3,(H2,11,13). The van der Waals surface area contributed by atoms with E-state index >= 15 is 0 Å². The van der Waals surface area contributed by atoms with Crippen LogP contribution < -0.4 is 11.1 Å². The van der Waals surface area contributed by atoms with E-state index in [9.17, 15) is 4.79 Å². The SMILES string of the molecule is COCCNC1(C(N)=O)CCCOCC1. The van der Waals surface area contributed by atoms with E-state index in [1.165, 1.54) is 0 Å². The Hall–Kier alpha value is -0.650. The average Bonchev–Trinajstić information content (AvgIpc) is 2.45. The number of ether oxygens (including phenoxy) is 2. The summed E-state index contributed by atoms with van der Waals surface area (Å²) in [4.78, 5) is 11.5. The quantitative estimate of drug-likeness (QED) is 0.616. The van der Waals surface area contributed by atoms with E-state index < -0.39 is 5.54 Å². The van der Waals surface area contributed by atoms with Crippen molar-refractivity contribution >= 4 is 5.91 Å². The molecular formula is C10H20N2O3. The lowest BCUT2D eigenvalue weighted by atomic mass is 9.90. The molecule has 1 heterocycles. The minimum atomic E-state index is -0.602. The van der Waals surface area contributed by atoms with Crippen molar-refractivity contribution in [1.82, 2.24) is 5.32 Å². The molecule has 1 fully saturated rings. The van der Waals surface area contributed by atoms with E-state index in [1.807, 2.05) is 0 Å². The molecule has 3 N–H and O–H groups in total. The summed E-state index contributed by atoms with van der Waals surface area (Å²) in [5.74, 6) is -0.288. The van der Waals surface area contributed by atoms with Gasteiger partial charge < -0.3 is 20.5 Å². The smallest absolute Gasteiger partial charge is 0.237 e. The molecule has 0 bridgehead atoms. The van der Waals surface area contributed by atoms with Gasteiger partial charge >= 0.3 is 0 Å². The topological polar surface area (TPSA) is 73.6 Å². The third-order valence-corrected chi connectivity index (χ3v) is 2.81. The molecule has 1 unspecified atom stereocenters. The number of hydrogen-bond donors (Lipinski definition) is 2. The number of nitrogens with one attached hydrogen (secondary N) is 1. The number of hydrogen-bond acceptors (Lipinski definition) is 4. The summed E-state index contributed by atoms with van der Waals surface area (Å²) in [6, 6.07) is 0. The molecule has 1 saturated heterocycles. The molecule has 5 nitrogen and oxygen atoms in total. The fourth-order valence-corrected chi connectivity index (χ4v) is 1.85. The number of carbonyl (C=O) groups is 1. The average molecular weight is 216 g/mol. The molecule has 88 valence electrons. The highest BCUT2D eigenvalue weighted by molar-refractivity contribution is 5.84. The van der Waals surface area contributed by atoms with Crippen molar-refractivity contribution < 1.29 is 14.3 Å². The van der Waals surface area contributed by atoms with E-state index in [0.29, 0.717) is 32.8 Å². The third kappa shape index (κ3) is 3.44. The van der Waals surface area contributed by atoms with Crippen molar-refractivity contribution in [3.05, 3.63) is 0 Å². The fourth-order valence-electron chi connectivity index (χ4n) is 1.85. The summed E-state index contributed by atoms with van der Waals surface area (Å²) in [6.07, 6.45) is 2.25. The van der Waals surface area contributed by atoms with Crippen LogP contribution in [0.25, 0.3) is 0 Å². The van der Waals surface area contributed by atoms with Crippen LogP contribution in [0.4, 0.5) is 0 Å². The predicted molar refractivity (Wildman–Crippen MR) is 56.5 cm³/mol. The summed E-state index contributed by atoms with van der Waals surface area (Å²) in [5.41, 5.74) is 4.85. The highest BCUT2D eigenvalue weighted by Gasteiger charge is 2.36. The predicted octanol–water partition coefficient (Wildman–Crippen LogP) is -0.353. The van der Waals surface area contributed by atoms with Crippen LogP contribution in [0.3, 0.4) is 0 Å². The molecule has 15 heavy (non-hydrogen) atoms. The van der Waals surface area contributed by atoms with Gasteiger partial charge in [0.2, 0.25) is 5.91 Å². The van der Waals surface area contributed by atoms with Gasteiger partial charge in [-0.25, -0.2) is 0 Å². The minimum absolute atomic E-state index is 0.288. The molecule has 0 aromatic carbocycles. The minimum Gasteiger partial charge on any atom is -0.383 e. The molecule has 5 heteroatoms. The van der Waals surface area contributed by atoms with Gasteiger partial charge in [-0.15, -0.1) is 0 Å². The monoisotopic (exact) mass is 216 g/mol. The van der Waals surface area contributed by atoms with Crippen LogP contribution in [0.5, 0.6) is 0 Å². The van der Waals surface area contributed by atoms with Crippen LogP contribution in [0.15, 0.2) is 0 Å². The van der Waals surface area contributed by atoms with E-state index in [0.717, 1.165) is 12.8 Å². The number of methoxy groups -OCH3 is 1. The lowest BCUT2D eigenvalue weighted by molar-refractivity contribution is -0.125. The van der Waals surface area contributed by atoms with Gasteiger partial charge in [0.15, 0.2) is 0 Å². The van der Waals surface area contributed by atoms with E-state index in [2.05, 4.69) is 5.32 Å². The number of nitrogens with two attached hydrogens (primary N) is 1. The van der Waals surface area contributed by atoms with Gasteiger partial charge in [0, 0.05) is 26.9 Å². The molecule has 1 aliphatic rings. The summed E-state index contributed by atoms with van der Waals surface area (Å²) >= 11 is 0. The number of primary amides is 1. The van der Waals surface area contributed by atoms with Gasteiger partial charge in [-0.2, -0.15) is 0 Å². The Balaban J connectivity index is 2.55. The van der Waals surface area contributed by atoms with E-state index in [4.69, 9.17) is 15.2 Å². The molecule has 1 amide bonds. The van der Waals surface area contributed by atoms with Crippen LogP contribution in [0, 0.1) is 0 Å². The van der Waals surface area contributed by atoms with Gasteiger partial charge in [0.25, 0.3) is 0 Å². The molecule has 0 spiro atoms. The Morgan fingerprint density at radius 1 is 1.53 bits per heavy atom. The number of carbonyl (C=O) groups excluding carboxylic acids is 1. The van der Waals surface area contributed by atoms with E-state index in [-0.39, 0.29) is 5.91 Å². The zero-order chi connectivity index (χ0) is 11.1. The van der Waals surface area contributed by atoms with Crippen molar-refractivity contribution in [3.8, 4) is 0 Å². The summed E-state index contributed by atoms with van der Waals surface area (Å²) in [6.45, 7) is 2.51. The fraction of sp³-hybridized carbons (Fsp3) is 0.900. The Morgan fingerprint density at radius 2 is 2.33 bits per heavy atom. The molecule has 0 saturated carbocycles. The van der Waals surface area contributed by atoms with Gasteiger partial charge in [-0.1, -0.05) is 0 Å². The maximum Gasteiger partial charge on any atom is 0.237 e. The molecule has 0 aliphatic carbocycles. The molecule has 0 aromatic rings.